The quantitative estimate of drug-likeness (QED) is 0.406. The predicted molar refractivity (Wildman–Crippen MR) is 127 cm³/mol. The van der Waals surface area contributed by atoms with Crippen LogP contribution in [0.1, 0.15) is 92.9 Å². The topological polar surface area (TPSA) is 17.1 Å². The molecule has 9 atom stereocenters. The zero-order valence-corrected chi connectivity index (χ0v) is 20.8. The highest BCUT2D eigenvalue weighted by Gasteiger charge is 2.61. The molecule has 174 valence electrons. The molecule has 5 unspecified atom stereocenters. The SMILES string of the molecule is CC[C@H](/C=C/C(C)[C@H]1CCC2C3CC(F)C4=CC(=O)CC[C@]4(C)C3CC[C@@]21C)C(C)C. The van der Waals surface area contributed by atoms with Crippen molar-refractivity contribution in [3.8, 4) is 0 Å². The van der Waals surface area contributed by atoms with Crippen LogP contribution in [0.4, 0.5) is 4.39 Å². The fourth-order valence-electron chi connectivity index (χ4n) is 8.74. The van der Waals surface area contributed by atoms with E-state index in [0.717, 1.165) is 17.9 Å². The fourth-order valence-corrected chi connectivity index (χ4v) is 8.74. The number of carbonyl (C=O) groups is 1. The Hall–Kier alpha value is -0.920. The number of alkyl halides is 1. The van der Waals surface area contributed by atoms with Crippen LogP contribution in [0.3, 0.4) is 0 Å². The second-order valence-electron chi connectivity index (χ2n) is 12.4. The third-order valence-corrected chi connectivity index (χ3v) is 10.6. The Labute approximate surface area is 190 Å². The standard InChI is InChI=1S/C29H45FO/c1-7-20(18(2)3)9-8-19(4)23-10-11-24-22-17-27(30)26-16-21(31)12-14-29(26,6)25(22)13-15-28(23,24)5/h8-9,16,18-20,22-25,27H,7,10-15,17H2,1-6H3/b9-8+/t19?,20-,22?,23-,24?,25?,27?,28-,29-/m1/s1. The molecule has 4 aliphatic carbocycles. The summed E-state index contributed by atoms with van der Waals surface area (Å²) in [7, 11) is 0. The van der Waals surface area contributed by atoms with Gasteiger partial charge in [0.05, 0.1) is 0 Å². The first-order chi connectivity index (χ1) is 14.6. The molecule has 0 aromatic rings. The summed E-state index contributed by atoms with van der Waals surface area (Å²) in [6.45, 7) is 14.2. The summed E-state index contributed by atoms with van der Waals surface area (Å²) in [6, 6.07) is 0. The van der Waals surface area contributed by atoms with Crippen molar-refractivity contribution >= 4 is 5.78 Å². The van der Waals surface area contributed by atoms with Gasteiger partial charge in [-0.15, -0.1) is 0 Å². The monoisotopic (exact) mass is 428 g/mol. The molecular weight excluding hydrogens is 383 g/mol. The van der Waals surface area contributed by atoms with Gasteiger partial charge in [-0.1, -0.05) is 53.7 Å². The zero-order chi connectivity index (χ0) is 22.6. The third-order valence-electron chi connectivity index (χ3n) is 10.6. The van der Waals surface area contributed by atoms with Gasteiger partial charge in [0, 0.05) is 6.42 Å². The van der Waals surface area contributed by atoms with E-state index in [1.807, 2.05) is 0 Å². The highest BCUT2D eigenvalue weighted by molar-refractivity contribution is 5.91. The summed E-state index contributed by atoms with van der Waals surface area (Å²) < 4.78 is 15.4. The maximum absolute atomic E-state index is 15.4. The van der Waals surface area contributed by atoms with E-state index in [0.29, 0.717) is 53.8 Å². The summed E-state index contributed by atoms with van der Waals surface area (Å²) in [5, 5.41) is 0. The average molecular weight is 429 g/mol. The number of hydrogen-bond donors (Lipinski definition) is 0. The van der Waals surface area contributed by atoms with Gasteiger partial charge in [-0.25, -0.2) is 4.39 Å². The van der Waals surface area contributed by atoms with Crippen molar-refractivity contribution in [2.45, 2.75) is 99.1 Å². The summed E-state index contributed by atoms with van der Waals surface area (Å²) >= 11 is 0. The minimum Gasteiger partial charge on any atom is -0.295 e. The summed E-state index contributed by atoms with van der Waals surface area (Å²) in [4.78, 5) is 12.0. The number of rotatable bonds is 5. The normalized spacial score (nSPS) is 44.6. The Morgan fingerprint density at radius 1 is 1.10 bits per heavy atom. The van der Waals surface area contributed by atoms with Crippen molar-refractivity contribution in [3.05, 3.63) is 23.8 Å². The lowest BCUT2D eigenvalue weighted by molar-refractivity contribution is -0.118. The van der Waals surface area contributed by atoms with Gasteiger partial charge in [-0.3, -0.25) is 4.79 Å². The summed E-state index contributed by atoms with van der Waals surface area (Å²) in [5.74, 6) is 4.53. The summed E-state index contributed by atoms with van der Waals surface area (Å²) in [6.07, 6.45) is 14.2. The van der Waals surface area contributed by atoms with E-state index in [9.17, 15) is 4.79 Å². The Morgan fingerprint density at radius 3 is 2.52 bits per heavy atom. The maximum atomic E-state index is 15.4. The molecule has 0 bridgehead atoms. The molecule has 4 aliphatic rings. The molecule has 0 spiro atoms. The molecule has 0 saturated heterocycles. The largest absolute Gasteiger partial charge is 0.295 e. The Kier molecular flexibility index (Phi) is 6.34. The molecule has 0 amide bonds. The molecule has 0 heterocycles. The second kappa shape index (κ2) is 8.45. The Balaban J connectivity index is 1.55. The average Bonchev–Trinajstić information content (AvgIpc) is 3.07. The van der Waals surface area contributed by atoms with Gasteiger partial charge in [0.15, 0.2) is 5.78 Å². The van der Waals surface area contributed by atoms with Crippen LogP contribution in [0.15, 0.2) is 23.8 Å². The summed E-state index contributed by atoms with van der Waals surface area (Å²) in [5.41, 5.74) is 1.10. The van der Waals surface area contributed by atoms with Crippen LogP contribution in [-0.2, 0) is 4.79 Å². The predicted octanol–water partition coefficient (Wildman–Crippen LogP) is 7.96. The number of carbonyl (C=O) groups excluding carboxylic acids is 1. The fraction of sp³-hybridized carbons (Fsp3) is 0.828. The molecule has 4 rings (SSSR count). The number of fused-ring (bicyclic) bond motifs is 5. The smallest absolute Gasteiger partial charge is 0.155 e. The molecule has 3 saturated carbocycles. The maximum Gasteiger partial charge on any atom is 0.155 e. The lowest BCUT2D eigenvalue weighted by Crippen LogP contribution is -2.53. The molecule has 0 aromatic carbocycles. The van der Waals surface area contributed by atoms with Crippen molar-refractivity contribution in [1.82, 2.24) is 0 Å². The van der Waals surface area contributed by atoms with Crippen molar-refractivity contribution in [1.29, 1.82) is 0 Å². The van der Waals surface area contributed by atoms with Crippen LogP contribution in [-0.4, -0.2) is 12.0 Å². The molecule has 2 heteroatoms. The molecule has 31 heavy (non-hydrogen) atoms. The first-order valence-electron chi connectivity index (χ1n) is 13.2. The van der Waals surface area contributed by atoms with E-state index in [-0.39, 0.29) is 11.2 Å². The zero-order valence-electron chi connectivity index (χ0n) is 20.8. The van der Waals surface area contributed by atoms with Crippen molar-refractivity contribution in [3.63, 3.8) is 0 Å². The van der Waals surface area contributed by atoms with Crippen molar-refractivity contribution in [2.75, 3.05) is 0 Å². The number of halogens is 1. The highest BCUT2D eigenvalue weighted by atomic mass is 19.1. The molecule has 0 aliphatic heterocycles. The first-order valence-corrected chi connectivity index (χ1v) is 13.2. The molecule has 3 fully saturated rings. The van der Waals surface area contributed by atoms with Gasteiger partial charge in [0.25, 0.3) is 0 Å². The van der Waals surface area contributed by atoms with Gasteiger partial charge in [-0.2, -0.15) is 0 Å². The number of allylic oxidation sites excluding steroid dienone is 3. The highest BCUT2D eigenvalue weighted by Crippen LogP contribution is 2.67. The number of ketones is 1. The van der Waals surface area contributed by atoms with Crippen molar-refractivity contribution < 1.29 is 9.18 Å². The van der Waals surface area contributed by atoms with Gasteiger partial charge in [0.1, 0.15) is 6.17 Å². The van der Waals surface area contributed by atoms with Crippen molar-refractivity contribution in [2.24, 2.45) is 52.3 Å². The van der Waals surface area contributed by atoms with Gasteiger partial charge in [-0.05, 0) is 109 Å². The minimum atomic E-state index is -0.912. The van der Waals surface area contributed by atoms with Gasteiger partial charge < -0.3 is 0 Å². The number of hydrogen-bond acceptors (Lipinski definition) is 1. The van der Waals surface area contributed by atoms with Crippen LogP contribution in [0.5, 0.6) is 0 Å². The Bertz CT molecular complexity index is 750. The molecule has 0 aromatic heterocycles. The third kappa shape index (κ3) is 3.78. The van der Waals surface area contributed by atoms with Crippen LogP contribution in [0, 0.1) is 52.3 Å². The molecular formula is C29H45FO. The van der Waals surface area contributed by atoms with Gasteiger partial charge in [0.2, 0.25) is 0 Å². The van der Waals surface area contributed by atoms with Crippen LogP contribution < -0.4 is 0 Å². The molecule has 0 radical (unpaired) electrons. The van der Waals surface area contributed by atoms with E-state index < -0.39 is 6.17 Å². The lowest BCUT2D eigenvalue weighted by Gasteiger charge is -2.59. The minimum absolute atomic E-state index is 0.0905. The van der Waals surface area contributed by atoms with Gasteiger partial charge >= 0.3 is 0 Å². The first kappa shape index (κ1) is 23.2. The van der Waals surface area contributed by atoms with E-state index in [2.05, 4.69) is 53.7 Å². The lowest BCUT2D eigenvalue weighted by atomic mass is 9.46. The van der Waals surface area contributed by atoms with E-state index in [1.165, 1.54) is 32.1 Å². The van der Waals surface area contributed by atoms with Crippen LogP contribution >= 0.6 is 0 Å². The van der Waals surface area contributed by atoms with Crippen LogP contribution in [0.25, 0.3) is 0 Å². The van der Waals surface area contributed by atoms with E-state index in [4.69, 9.17) is 0 Å². The Morgan fingerprint density at radius 2 is 1.84 bits per heavy atom. The van der Waals surface area contributed by atoms with Crippen LogP contribution in [0.2, 0.25) is 0 Å². The molecule has 0 N–H and O–H groups in total. The van der Waals surface area contributed by atoms with E-state index >= 15 is 4.39 Å². The van der Waals surface area contributed by atoms with E-state index in [1.54, 1.807) is 6.08 Å². The second-order valence-corrected chi connectivity index (χ2v) is 12.4. The molecule has 1 nitrogen and oxygen atoms in total.